The van der Waals surface area contributed by atoms with E-state index < -0.39 is 31.9 Å². The zero-order valence-corrected chi connectivity index (χ0v) is 18.3. The van der Waals surface area contributed by atoms with Crippen LogP contribution in [-0.4, -0.2) is 31.5 Å². The van der Waals surface area contributed by atoms with E-state index in [0.717, 1.165) is 32.2 Å². The third-order valence-electron chi connectivity index (χ3n) is 4.00. The van der Waals surface area contributed by atoms with Crippen LogP contribution in [0.25, 0.3) is 0 Å². The average molecular weight is 400 g/mol. The molecule has 0 saturated heterocycles. The minimum Gasteiger partial charge on any atom is -0.320 e. The second kappa shape index (κ2) is 14.0. The molecule has 0 atom stereocenters. The summed E-state index contributed by atoms with van der Waals surface area (Å²) in [6.07, 6.45) is 7.53. The van der Waals surface area contributed by atoms with E-state index in [4.69, 9.17) is 9.05 Å². The van der Waals surface area contributed by atoms with Crippen molar-refractivity contribution in [2.24, 2.45) is 0 Å². The van der Waals surface area contributed by atoms with E-state index in [2.05, 4.69) is 5.32 Å². The van der Waals surface area contributed by atoms with Gasteiger partial charge in [-0.3, -0.25) is 4.57 Å². The first-order valence-corrected chi connectivity index (χ1v) is 11.7. The number of alkyl halides is 2. The normalized spacial score (nSPS) is 13.1. The molecule has 0 radical (unpaired) electrons. The topological polar surface area (TPSA) is 47.6 Å². The van der Waals surface area contributed by atoms with Gasteiger partial charge >= 0.3 is 13.3 Å². The summed E-state index contributed by atoms with van der Waals surface area (Å²) in [7, 11) is -2.49. The molecular weight excluding hydrogens is 359 g/mol. The van der Waals surface area contributed by atoms with Gasteiger partial charge in [0.05, 0.1) is 12.2 Å². The Hall–Kier alpha value is -0.0300. The van der Waals surface area contributed by atoms with Crippen LogP contribution in [-0.2, 0) is 13.6 Å². The van der Waals surface area contributed by atoms with E-state index in [9.17, 15) is 13.3 Å². The van der Waals surface area contributed by atoms with Crippen molar-refractivity contribution < 1.29 is 22.4 Å². The summed E-state index contributed by atoms with van der Waals surface area (Å²) in [6.45, 7) is 7.42. The molecule has 0 heterocycles. The molecule has 0 amide bonds. The third-order valence-corrected chi connectivity index (χ3v) is 6.43. The standard InChI is InChI=1S/C19H40F2NO3P/c1-17(2)24-26(23,25-18(3)4)19(20,21)15-13-11-9-7-6-8-10-12-14-16-22-5/h17-18,22H,6-16H2,1-5H3. The van der Waals surface area contributed by atoms with E-state index >= 15 is 0 Å². The molecule has 0 rings (SSSR count). The second-order valence-electron chi connectivity index (χ2n) is 7.51. The zero-order chi connectivity index (χ0) is 20.1. The Morgan fingerprint density at radius 3 is 1.58 bits per heavy atom. The molecule has 0 spiro atoms. The van der Waals surface area contributed by atoms with Gasteiger partial charge < -0.3 is 14.4 Å². The number of rotatable bonds is 17. The van der Waals surface area contributed by atoms with Crippen molar-refractivity contribution in [3.05, 3.63) is 0 Å². The van der Waals surface area contributed by atoms with Gasteiger partial charge in [0.15, 0.2) is 0 Å². The van der Waals surface area contributed by atoms with Crippen LogP contribution in [0, 0.1) is 0 Å². The molecule has 0 fully saturated rings. The van der Waals surface area contributed by atoms with Gasteiger partial charge in [0.2, 0.25) is 0 Å². The molecule has 7 heteroatoms. The summed E-state index contributed by atoms with van der Waals surface area (Å²) < 4.78 is 51.6. The van der Waals surface area contributed by atoms with Gasteiger partial charge in [0.25, 0.3) is 0 Å². The first kappa shape index (κ1) is 26.0. The van der Waals surface area contributed by atoms with Crippen molar-refractivity contribution in [1.82, 2.24) is 5.32 Å². The third kappa shape index (κ3) is 11.6. The van der Waals surface area contributed by atoms with Crippen molar-refractivity contribution >= 4 is 7.60 Å². The fraction of sp³-hybridized carbons (Fsp3) is 1.00. The molecule has 0 aliphatic heterocycles. The highest BCUT2D eigenvalue weighted by molar-refractivity contribution is 7.55. The lowest BCUT2D eigenvalue weighted by atomic mass is 10.1. The minimum absolute atomic E-state index is 0.335. The van der Waals surface area contributed by atoms with Crippen LogP contribution in [0.15, 0.2) is 0 Å². The van der Waals surface area contributed by atoms with Gasteiger partial charge in [-0.25, -0.2) is 0 Å². The number of unbranched alkanes of at least 4 members (excludes halogenated alkanes) is 8. The molecular formula is C19H40F2NO3P. The summed E-state index contributed by atoms with van der Waals surface area (Å²) >= 11 is 0. The summed E-state index contributed by atoms with van der Waals surface area (Å²) in [5.41, 5.74) is -3.44. The summed E-state index contributed by atoms with van der Waals surface area (Å²) in [4.78, 5) is 0. The van der Waals surface area contributed by atoms with Gasteiger partial charge in [-0.15, -0.1) is 0 Å². The molecule has 4 nitrogen and oxygen atoms in total. The quantitative estimate of drug-likeness (QED) is 0.217. The Morgan fingerprint density at radius 1 is 0.808 bits per heavy atom. The van der Waals surface area contributed by atoms with Gasteiger partial charge in [-0.2, -0.15) is 8.78 Å². The van der Waals surface area contributed by atoms with Crippen LogP contribution in [0.5, 0.6) is 0 Å². The molecule has 26 heavy (non-hydrogen) atoms. The SMILES string of the molecule is CNCCCCCCCCCCCC(F)(F)P(=O)(OC(C)C)OC(C)C. The molecule has 0 aromatic carbocycles. The number of nitrogens with one attached hydrogen (secondary N) is 1. The van der Waals surface area contributed by atoms with Crippen LogP contribution in [0.1, 0.15) is 91.9 Å². The highest BCUT2D eigenvalue weighted by atomic mass is 31.2. The Morgan fingerprint density at radius 2 is 1.19 bits per heavy atom. The lowest BCUT2D eigenvalue weighted by Gasteiger charge is -2.29. The van der Waals surface area contributed by atoms with E-state index in [1.54, 1.807) is 27.7 Å². The lowest BCUT2D eigenvalue weighted by Crippen LogP contribution is -2.24. The molecule has 0 aliphatic rings. The number of hydrogen-bond donors (Lipinski definition) is 1. The maximum Gasteiger partial charge on any atom is 0.400 e. The van der Waals surface area contributed by atoms with Crippen LogP contribution in [0.3, 0.4) is 0 Å². The molecule has 158 valence electrons. The molecule has 1 N–H and O–H groups in total. The predicted octanol–water partition coefficient (Wildman–Crippen LogP) is 6.74. The smallest absolute Gasteiger partial charge is 0.320 e. The van der Waals surface area contributed by atoms with Crippen molar-refractivity contribution in [1.29, 1.82) is 0 Å². The van der Waals surface area contributed by atoms with Crippen LogP contribution < -0.4 is 5.32 Å². The Labute approximate surface area is 159 Å². The van der Waals surface area contributed by atoms with Gasteiger partial charge in [0.1, 0.15) is 0 Å². The largest absolute Gasteiger partial charge is 0.400 e. The average Bonchev–Trinajstić information content (AvgIpc) is 2.50. The van der Waals surface area contributed by atoms with E-state index in [1.165, 1.54) is 25.7 Å². The Bertz CT molecular complexity index is 379. The van der Waals surface area contributed by atoms with Crippen molar-refractivity contribution in [2.75, 3.05) is 13.6 Å². The zero-order valence-electron chi connectivity index (χ0n) is 17.4. The van der Waals surface area contributed by atoms with Gasteiger partial charge in [0, 0.05) is 6.42 Å². The van der Waals surface area contributed by atoms with Crippen molar-refractivity contribution in [2.45, 2.75) is 110 Å². The number of hydrogen-bond acceptors (Lipinski definition) is 4. The Balaban J connectivity index is 4.05. The molecule has 0 aromatic rings. The van der Waals surface area contributed by atoms with Crippen LogP contribution in [0.4, 0.5) is 8.78 Å². The minimum atomic E-state index is -4.45. The molecule has 0 unspecified atom stereocenters. The fourth-order valence-corrected chi connectivity index (χ4v) is 4.65. The highest BCUT2D eigenvalue weighted by Crippen LogP contribution is 2.65. The summed E-state index contributed by atoms with van der Waals surface area (Å²) in [6, 6.07) is 0. The van der Waals surface area contributed by atoms with E-state index in [1.807, 2.05) is 7.05 Å². The second-order valence-corrected chi connectivity index (χ2v) is 9.58. The monoisotopic (exact) mass is 399 g/mol. The predicted molar refractivity (Wildman–Crippen MR) is 105 cm³/mol. The van der Waals surface area contributed by atoms with E-state index in [0.29, 0.717) is 6.42 Å². The first-order valence-electron chi connectivity index (χ1n) is 10.1. The van der Waals surface area contributed by atoms with Crippen LogP contribution >= 0.6 is 7.60 Å². The lowest BCUT2D eigenvalue weighted by molar-refractivity contribution is 0.0122. The Kier molecular flexibility index (Phi) is 14.0. The summed E-state index contributed by atoms with van der Waals surface area (Å²) in [5.74, 6) is 0. The fourth-order valence-electron chi connectivity index (χ4n) is 2.75. The molecule has 0 saturated carbocycles. The molecule has 0 bridgehead atoms. The molecule has 0 aromatic heterocycles. The van der Waals surface area contributed by atoms with Gasteiger partial charge in [-0.05, 0) is 54.1 Å². The summed E-state index contributed by atoms with van der Waals surface area (Å²) in [5, 5.41) is 3.14. The highest BCUT2D eigenvalue weighted by Gasteiger charge is 2.53. The maximum absolute atomic E-state index is 14.5. The van der Waals surface area contributed by atoms with Crippen molar-refractivity contribution in [3.8, 4) is 0 Å². The number of halogens is 2. The maximum atomic E-state index is 14.5. The van der Waals surface area contributed by atoms with Gasteiger partial charge in [-0.1, -0.05) is 44.9 Å². The molecule has 0 aliphatic carbocycles. The van der Waals surface area contributed by atoms with E-state index in [-0.39, 0.29) is 0 Å². The van der Waals surface area contributed by atoms with Crippen molar-refractivity contribution in [3.63, 3.8) is 0 Å². The first-order chi connectivity index (χ1) is 12.1. The van der Waals surface area contributed by atoms with Crippen LogP contribution in [0.2, 0.25) is 0 Å².